The minimum absolute atomic E-state index is 0.698. The van der Waals surface area contributed by atoms with E-state index < -0.39 is 0 Å². The minimum atomic E-state index is 0.698. The first-order valence-electron chi connectivity index (χ1n) is 3.53. The van der Waals surface area contributed by atoms with Gasteiger partial charge >= 0.3 is 0 Å². The smallest absolute Gasteiger partial charge is 0.0485 e. The average molecular weight is 196 g/mol. The van der Waals surface area contributed by atoms with Crippen LogP contribution in [0, 0.1) is 6.07 Å². The van der Waals surface area contributed by atoms with Crippen LogP contribution in [0.2, 0.25) is 10.0 Å². The molecule has 0 saturated heterocycles. The van der Waals surface area contributed by atoms with Crippen molar-refractivity contribution in [2.75, 3.05) is 0 Å². The number of rotatable bonds is 0. The molecule has 0 unspecified atom stereocenters. The van der Waals surface area contributed by atoms with E-state index in [9.17, 15) is 0 Å². The Hall–Kier alpha value is -0.720. The fraction of sp³-hybridized carbons (Fsp3) is 0. The first-order valence-corrected chi connectivity index (χ1v) is 4.28. The van der Waals surface area contributed by atoms with Crippen LogP contribution in [-0.2, 0) is 0 Å². The molecule has 0 spiro atoms. The minimum Gasteiger partial charge on any atom is -0.0843 e. The predicted octanol–water partition coefficient (Wildman–Crippen LogP) is 3.95. The number of hydrogen-bond donors (Lipinski definition) is 0. The van der Waals surface area contributed by atoms with E-state index in [1.165, 1.54) is 0 Å². The number of fused-ring (bicyclic) bond motifs is 1. The summed E-state index contributed by atoms with van der Waals surface area (Å²) in [5, 5.41) is 3.36. The summed E-state index contributed by atoms with van der Waals surface area (Å²) < 4.78 is 0. The van der Waals surface area contributed by atoms with Crippen molar-refractivity contribution in [1.82, 2.24) is 0 Å². The Balaban J connectivity index is 2.88. The summed E-state index contributed by atoms with van der Waals surface area (Å²) in [7, 11) is 0. The van der Waals surface area contributed by atoms with Crippen molar-refractivity contribution < 1.29 is 0 Å². The van der Waals surface area contributed by atoms with Crippen LogP contribution in [0.1, 0.15) is 0 Å². The Labute approximate surface area is 80.7 Å². The molecule has 59 valence electrons. The molecule has 0 aromatic heterocycles. The lowest BCUT2D eigenvalue weighted by Gasteiger charge is -1.98. The van der Waals surface area contributed by atoms with Crippen LogP contribution in [0.4, 0.5) is 0 Å². The molecule has 0 atom stereocenters. The normalized spacial score (nSPS) is 10.5. The molecular weight excluding hydrogens is 191 g/mol. The maximum absolute atomic E-state index is 5.95. The molecule has 0 aliphatic carbocycles. The molecule has 1 radical (unpaired) electrons. The highest BCUT2D eigenvalue weighted by Gasteiger charge is 1.98. The van der Waals surface area contributed by atoms with Crippen LogP contribution in [-0.4, -0.2) is 0 Å². The van der Waals surface area contributed by atoms with Gasteiger partial charge in [-0.05, 0) is 29.7 Å². The van der Waals surface area contributed by atoms with Gasteiger partial charge < -0.3 is 0 Å². The molecule has 2 aromatic carbocycles. The molecule has 0 nitrogen and oxygen atoms in total. The molecule has 2 rings (SSSR count). The van der Waals surface area contributed by atoms with Gasteiger partial charge in [-0.1, -0.05) is 35.3 Å². The van der Waals surface area contributed by atoms with Crippen LogP contribution in [0.3, 0.4) is 0 Å². The van der Waals surface area contributed by atoms with Gasteiger partial charge in [-0.2, -0.15) is 0 Å². The zero-order valence-corrected chi connectivity index (χ0v) is 7.65. The van der Waals surface area contributed by atoms with E-state index in [0.29, 0.717) is 10.0 Å². The second-order valence-electron chi connectivity index (χ2n) is 2.52. The zero-order valence-electron chi connectivity index (χ0n) is 6.14. The second-order valence-corrected chi connectivity index (χ2v) is 3.36. The molecule has 0 aliphatic rings. The molecule has 0 bridgehead atoms. The molecule has 2 aromatic rings. The van der Waals surface area contributed by atoms with E-state index in [2.05, 4.69) is 6.07 Å². The summed E-state index contributed by atoms with van der Waals surface area (Å²) in [4.78, 5) is 0. The lowest BCUT2D eigenvalue weighted by atomic mass is 10.1. The van der Waals surface area contributed by atoms with E-state index in [0.717, 1.165) is 10.8 Å². The van der Waals surface area contributed by atoms with Crippen molar-refractivity contribution >= 4 is 34.0 Å². The highest BCUT2D eigenvalue weighted by atomic mass is 35.5. The predicted molar refractivity (Wildman–Crippen MR) is 52.8 cm³/mol. The van der Waals surface area contributed by atoms with E-state index in [1.54, 1.807) is 12.1 Å². The molecule has 0 amide bonds. The number of benzene rings is 2. The van der Waals surface area contributed by atoms with Gasteiger partial charge in [-0.25, -0.2) is 0 Å². The summed E-state index contributed by atoms with van der Waals surface area (Å²) in [6.07, 6.45) is 0. The molecule has 2 heteroatoms. The Morgan fingerprint density at radius 3 is 2.75 bits per heavy atom. The standard InChI is InChI=1S/C10H5Cl2/c11-8-5-4-7-2-1-3-10(12)9(7)6-8/h1,3-6H. The van der Waals surface area contributed by atoms with Gasteiger partial charge in [0.25, 0.3) is 0 Å². The SMILES string of the molecule is Clc1ccc2[c]ccc(Cl)c2c1. The van der Waals surface area contributed by atoms with Gasteiger partial charge in [0, 0.05) is 15.4 Å². The molecule has 0 saturated carbocycles. The molecule has 0 heterocycles. The van der Waals surface area contributed by atoms with E-state index in [4.69, 9.17) is 23.2 Å². The monoisotopic (exact) mass is 195 g/mol. The lowest BCUT2D eigenvalue weighted by Crippen LogP contribution is -1.73. The summed E-state index contributed by atoms with van der Waals surface area (Å²) in [6.45, 7) is 0. The average Bonchev–Trinajstić information content (AvgIpc) is 2.07. The third kappa shape index (κ3) is 1.28. The topological polar surface area (TPSA) is 0 Å². The highest BCUT2D eigenvalue weighted by Crippen LogP contribution is 2.25. The zero-order chi connectivity index (χ0) is 8.55. The van der Waals surface area contributed by atoms with Crippen molar-refractivity contribution in [3.05, 3.63) is 46.4 Å². The summed E-state index contributed by atoms with van der Waals surface area (Å²) in [6, 6.07) is 12.3. The first-order chi connectivity index (χ1) is 5.77. The maximum atomic E-state index is 5.95. The molecule has 12 heavy (non-hydrogen) atoms. The quantitative estimate of drug-likeness (QED) is 0.598. The van der Waals surface area contributed by atoms with Crippen molar-refractivity contribution in [3.8, 4) is 0 Å². The Morgan fingerprint density at radius 2 is 1.92 bits per heavy atom. The van der Waals surface area contributed by atoms with Crippen molar-refractivity contribution in [2.45, 2.75) is 0 Å². The third-order valence-electron chi connectivity index (χ3n) is 1.71. The van der Waals surface area contributed by atoms with Gasteiger partial charge in [0.1, 0.15) is 0 Å². The molecule has 0 fully saturated rings. The largest absolute Gasteiger partial charge is 0.0843 e. The fourth-order valence-corrected chi connectivity index (χ4v) is 1.53. The van der Waals surface area contributed by atoms with Crippen molar-refractivity contribution in [1.29, 1.82) is 0 Å². The first kappa shape index (κ1) is 7.90. The second kappa shape index (κ2) is 2.96. The van der Waals surface area contributed by atoms with Gasteiger partial charge in [-0.15, -0.1) is 0 Å². The van der Waals surface area contributed by atoms with Gasteiger partial charge in [0.2, 0.25) is 0 Å². The number of halogens is 2. The van der Waals surface area contributed by atoms with E-state index in [1.807, 2.05) is 18.2 Å². The summed E-state index contributed by atoms with van der Waals surface area (Å²) >= 11 is 11.8. The maximum Gasteiger partial charge on any atom is 0.0485 e. The third-order valence-corrected chi connectivity index (χ3v) is 2.27. The van der Waals surface area contributed by atoms with Crippen LogP contribution < -0.4 is 0 Å². The van der Waals surface area contributed by atoms with Gasteiger partial charge in [0.15, 0.2) is 0 Å². The fourth-order valence-electron chi connectivity index (χ4n) is 1.13. The Bertz CT molecular complexity index is 421. The van der Waals surface area contributed by atoms with Gasteiger partial charge in [0.05, 0.1) is 0 Å². The Kier molecular flexibility index (Phi) is 1.95. The summed E-state index contributed by atoms with van der Waals surface area (Å²) in [5.41, 5.74) is 0. The molecule has 0 aliphatic heterocycles. The van der Waals surface area contributed by atoms with Crippen molar-refractivity contribution in [3.63, 3.8) is 0 Å². The van der Waals surface area contributed by atoms with Crippen LogP contribution in [0.25, 0.3) is 10.8 Å². The van der Waals surface area contributed by atoms with Crippen molar-refractivity contribution in [2.24, 2.45) is 0 Å². The molecule has 0 N–H and O–H groups in total. The molecular formula is C10H5Cl2. The lowest BCUT2D eigenvalue weighted by molar-refractivity contribution is 1.73. The summed E-state index contributed by atoms with van der Waals surface area (Å²) in [5.74, 6) is 0. The Morgan fingerprint density at radius 1 is 1.08 bits per heavy atom. The van der Waals surface area contributed by atoms with Crippen LogP contribution in [0.5, 0.6) is 0 Å². The van der Waals surface area contributed by atoms with Crippen LogP contribution >= 0.6 is 23.2 Å². The van der Waals surface area contributed by atoms with Gasteiger partial charge in [-0.3, -0.25) is 0 Å². The van der Waals surface area contributed by atoms with Crippen LogP contribution in [0.15, 0.2) is 30.3 Å². The number of hydrogen-bond acceptors (Lipinski definition) is 0. The van der Waals surface area contributed by atoms with E-state index in [-0.39, 0.29) is 0 Å². The highest BCUT2D eigenvalue weighted by molar-refractivity contribution is 6.36. The van der Waals surface area contributed by atoms with E-state index >= 15 is 0 Å².